The van der Waals surface area contributed by atoms with Gasteiger partial charge >= 0.3 is 29.8 Å². The molecule has 0 unspecified atom stereocenters. The van der Waals surface area contributed by atoms with E-state index in [1.807, 2.05) is 4.68 Å². The lowest BCUT2D eigenvalue weighted by Crippen LogP contribution is -2.15. The van der Waals surface area contributed by atoms with Crippen LogP contribution < -0.4 is 23.7 Å². The van der Waals surface area contributed by atoms with E-state index in [4.69, 9.17) is 44.6 Å². The highest BCUT2D eigenvalue weighted by Gasteiger charge is 2.24. The lowest BCUT2D eigenvalue weighted by Gasteiger charge is -2.10. The molecule has 0 aliphatic heterocycles. The molecule has 0 bridgehead atoms. The van der Waals surface area contributed by atoms with E-state index < -0.39 is 51.0 Å². The number of rotatable bonds is 44. The molecule has 0 saturated carbocycles. The predicted molar refractivity (Wildman–Crippen MR) is 362 cm³/mol. The number of nitro benzene ring substituents is 3. The second-order valence-corrected chi connectivity index (χ2v) is 22.2. The topological polar surface area (TPSA) is 428 Å². The molecule has 0 atom stereocenters. The number of ether oxygens (including phenoxy) is 7. The van der Waals surface area contributed by atoms with Crippen LogP contribution in [0.15, 0.2) is 120 Å². The Kier molecular flexibility index (Phi) is 38.0. The number of esters is 4. The summed E-state index contributed by atoms with van der Waals surface area (Å²) >= 11 is 0. The molecule has 0 aliphatic carbocycles. The van der Waals surface area contributed by atoms with Crippen LogP contribution in [-0.4, -0.2) is 112 Å². The molecule has 0 radical (unpaired) electrons. The average Bonchev–Trinajstić information content (AvgIpc) is 1.63. The van der Waals surface area contributed by atoms with Crippen LogP contribution in [0.25, 0.3) is 20.9 Å². The van der Waals surface area contributed by atoms with Gasteiger partial charge in [-0.3, -0.25) is 49.4 Å². The van der Waals surface area contributed by atoms with Crippen molar-refractivity contribution in [1.82, 2.24) is 15.0 Å². The zero-order valence-corrected chi connectivity index (χ0v) is 55.9. The van der Waals surface area contributed by atoms with Crippen molar-refractivity contribution in [3.05, 3.63) is 194 Å². The number of hydrogen-bond donors (Lipinski definition) is 1. The van der Waals surface area contributed by atoms with E-state index in [0.29, 0.717) is 50.2 Å². The fraction of sp³-hybridized carbons (Fsp3) is 0.456. The lowest BCUT2D eigenvalue weighted by molar-refractivity contribution is -0.385. The van der Waals surface area contributed by atoms with Crippen molar-refractivity contribution in [3.63, 3.8) is 0 Å². The molecule has 1 aromatic heterocycles. The number of nitrogens with zero attached hydrogens (tertiary/aromatic N) is 12. The molecule has 0 fully saturated rings. The number of azide groups is 2. The minimum absolute atomic E-state index is 0.00451. The number of carboxylic acids is 1. The summed E-state index contributed by atoms with van der Waals surface area (Å²) in [5.41, 5.74) is 17.3. The predicted octanol–water partition coefficient (Wildman–Crippen LogP) is 14.9. The van der Waals surface area contributed by atoms with Crippen LogP contribution >= 0.6 is 0 Å². The summed E-state index contributed by atoms with van der Waals surface area (Å²) in [6.07, 6.45) is 20.0. The van der Waals surface area contributed by atoms with Crippen molar-refractivity contribution in [3.8, 4) is 28.7 Å². The van der Waals surface area contributed by atoms with Gasteiger partial charge in [-0.05, 0) is 130 Å². The Hall–Kier alpha value is -11.2. The maximum Gasteiger partial charge on any atom is 0.341 e. The van der Waals surface area contributed by atoms with Gasteiger partial charge in [0.05, 0.1) is 73.8 Å². The van der Waals surface area contributed by atoms with E-state index in [1.54, 1.807) is 24.3 Å². The molecule has 6 aromatic rings. The van der Waals surface area contributed by atoms with Gasteiger partial charge in [-0.25, -0.2) is 9.59 Å². The van der Waals surface area contributed by atoms with Crippen molar-refractivity contribution >= 4 is 46.9 Å². The summed E-state index contributed by atoms with van der Waals surface area (Å²) in [6, 6.07) is 24.8. The SMILES string of the molecule is CCCCCCCCc1cn(CCCCCCOc2ccc([N+](=O)[O-])c(CC(=O)Oc3ccccc3C(=O)OC)c2)nn1.COC(=O)c1ccccc1OC(=O)Cc1cc(OCCCCCCN=[N+]=[N-])ccc1[N+](=O)[O-].[N-]=[N+]=NCCCCCCOc1ccc([N+](=O)[O-])c(CC(=O)O)c1. The molecule has 5 aromatic carbocycles. The van der Waals surface area contributed by atoms with Crippen LogP contribution in [0.5, 0.6) is 28.7 Å². The average molecular weight is 1370 g/mol. The summed E-state index contributed by atoms with van der Waals surface area (Å²) in [7, 11) is 2.43. The summed E-state index contributed by atoms with van der Waals surface area (Å²) in [5, 5.41) is 58.1. The number of para-hydroxylation sites is 2. The first kappa shape index (κ1) is 80.2. The zero-order chi connectivity index (χ0) is 72.0. The summed E-state index contributed by atoms with van der Waals surface area (Å²) in [6.45, 7) is 5.28. The van der Waals surface area contributed by atoms with Crippen LogP contribution in [0, 0.1) is 30.3 Å². The summed E-state index contributed by atoms with van der Waals surface area (Å²) < 4.78 is 38.9. The monoisotopic (exact) mass is 1370 g/mol. The van der Waals surface area contributed by atoms with Crippen molar-refractivity contribution in [2.24, 2.45) is 10.2 Å². The Morgan fingerprint density at radius 2 is 0.899 bits per heavy atom. The Bertz CT molecular complexity index is 3690. The first-order chi connectivity index (χ1) is 47.9. The van der Waals surface area contributed by atoms with Gasteiger partial charge in [-0.2, -0.15) is 0 Å². The van der Waals surface area contributed by atoms with Gasteiger partial charge in [0.15, 0.2) is 0 Å². The summed E-state index contributed by atoms with van der Waals surface area (Å²) in [5.74, 6) is -2.71. The van der Waals surface area contributed by atoms with Gasteiger partial charge in [0, 0.05) is 70.5 Å². The van der Waals surface area contributed by atoms with Crippen LogP contribution in [0.1, 0.15) is 166 Å². The number of methoxy groups -OCH3 is 2. The Morgan fingerprint density at radius 1 is 0.515 bits per heavy atom. The highest BCUT2D eigenvalue weighted by atomic mass is 16.6. The number of benzene rings is 5. The molecule has 31 heteroatoms. The van der Waals surface area contributed by atoms with Crippen molar-refractivity contribution in [1.29, 1.82) is 0 Å². The Labute approximate surface area is 571 Å². The van der Waals surface area contributed by atoms with Crippen LogP contribution in [0.2, 0.25) is 0 Å². The minimum Gasteiger partial charge on any atom is -0.494 e. The molecular formula is C68H84N12O19. The van der Waals surface area contributed by atoms with Gasteiger partial charge in [0.2, 0.25) is 0 Å². The first-order valence-electron chi connectivity index (χ1n) is 32.5. The van der Waals surface area contributed by atoms with Crippen molar-refractivity contribution in [2.45, 2.75) is 155 Å². The summed E-state index contributed by atoms with van der Waals surface area (Å²) in [4.78, 5) is 97.1. The van der Waals surface area contributed by atoms with Gasteiger partial charge in [-0.1, -0.05) is 111 Å². The van der Waals surface area contributed by atoms with Crippen molar-refractivity contribution < 1.29 is 77.0 Å². The third kappa shape index (κ3) is 31.5. The van der Waals surface area contributed by atoms with Crippen LogP contribution in [0.4, 0.5) is 17.1 Å². The molecule has 1 N–H and O–H groups in total. The molecule has 1 heterocycles. The highest BCUT2D eigenvalue weighted by Crippen LogP contribution is 2.30. The van der Waals surface area contributed by atoms with Gasteiger partial charge in [0.25, 0.3) is 17.1 Å². The minimum atomic E-state index is -1.13. The van der Waals surface area contributed by atoms with Crippen LogP contribution in [0.3, 0.4) is 0 Å². The van der Waals surface area contributed by atoms with Gasteiger partial charge in [0.1, 0.15) is 39.9 Å². The third-order valence-electron chi connectivity index (χ3n) is 14.7. The second-order valence-electron chi connectivity index (χ2n) is 22.2. The highest BCUT2D eigenvalue weighted by molar-refractivity contribution is 5.94. The fourth-order valence-corrected chi connectivity index (χ4v) is 9.69. The van der Waals surface area contributed by atoms with E-state index in [1.165, 1.54) is 125 Å². The van der Waals surface area contributed by atoms with E-state index in [9.17, 15) is 54.3 Å². The molecule has 0 amide bonds. The number of unbranched alkanes of at least 4 members (excludes halogenated alkanes) is 14. The number of aromatic nitrogens is 3. The zero-order valence-electron chi connectivity index (χ0n) is 55.9. The molecule has 0 aliphatic rings. The van der Waals surface area contributed by atoms with E-state index in [-0.39, 0.29) is 69.2 Å². The lowest BCUT2D eigenvalue weighted by atomic mass is 10.1. The molecular weight excluding hydrogens is 1290 g/mol. The molecule has 6 rings (SSSR count). The molecule has 0 saturated heterocycles. The molecule has 99 heavy (non-hydrogen) atoms. The number of aliphatic carboxylic acids is 1. The quantitative estimate of drug-likeness (QED) is 0.00542. The number of carboxylic acid groups (broad SMARTS) is 1. The van der Waals surface area contributed by atoms with E-state index >= 15 is 0 Å². The van der Waals surface area contributed by atoms with Crippen molar-refractivity contribution in [2.75, 3.05) is 47.1 Å². The smallest absolute Gasteiger partial charge is 0.341 e. The number of aryl methyl sites for hydroxylation is 2. The maximum atomic E-state index is 12.6. The molecule has 530 valence electrons. The Balaban J connectivity index is 0.000000331. The van der Waals surface area contributed by atoms with E-state index in [0.717, 1.165) is 102 Å². The fourth-order valence-electron chi connectivity index (χ4n) is 9.69. The van der Waals surface area contributed by atoms with Gasteiger partial charge < -0.3 is 38.3 Å². The number of carbonyl (C=O) groups is 5. The second kappa shape index (κ2) is 46.8. The van der Waals surface area contributed by atoms with Gasteiger partial charge in [-0.15, -0.1) is 5.10 Å². The first-order valence-corrected chi connectivity index (χ1v) is 32.5. The Morgan fingerprint density at radius 3 is 1.30 bits per heavy atom. The third-order valence-corrected chi connectivity index (χ3v) is 14.7. The van der Waals surface area contributed by atoms with E-state index in [2.05, 4.69) is 48.2 Å². The largest absolute Gasteiger partial charge is 0.494 e. The van der Waals surface area contributed by atoms with Crippen LogP contribution in [-0.2, 0) is 56.1 Å². The number of carbonyl (C=O) groups excluding carboxylic acids is 4. The normalized spacial score (nSPS) is 10.4. The molecule has 0 spiro atoms. The number of nitro groups is 3. The number of hydrogen-bond acceptors (Lipinski definition) is 22. The standard InChI is InChI=1S/C32H42N4O7.C22H24N4O7.C14H18N4O5/c1-3-4-5-6-7-10-15-26-24-35(34-33-26)20-13-8-9-14-21-42-27-18-19-29(36(39)40)25(22-27)23-31(37)43-30-17-12-11-16-28(30)32(38)41-2;1-31-22(28)18-8-4-5-9-20(18)33-21(27)15-16-14-17(10-11-19(16)26(29)30)32-13-7-3-2-6-12-24-25-23;15-17-16-7-3-1-2-4-8-23-12-5-6-13(18(21)22)11(9-12)10-14(19)20/h11-12,16-19,22,24H,3-10,13-15,20-21,23H2,1-2H3;4-5,8-11,14H,2-3,6-7,12-13,15H2,1H3;5-6,9H,1-4,7-8,10H2,(H,19,20). The maximum absolute atomic E-state index is 12.6. The molecule has 31 nitrogen and oxygen atoms in total.